The van der Waals surface area contributed by atoms with Gasteiger partial charge in [-0.05, 0) is 25.2 Å². The maximum atomic E-state index is 5.29. The lowest BCUT2D eigenvalue weighted by Crippen LogP contribution is -2.46. The Morgan fingerprint density at radius 2 is 1.78 bits per heavy atom. The fraction of sp³-hybridized carbons (Fsp3) is 1.00. The monoisotopic (exact) mass is 323 g/mol. The normalized spacial score (nSPS) is 14.2. The lowest BCUT2D eigenvalue weighted by molar-refractivity contribution is 0.0464. The second-order valence-electron chi connectivity index (χ2n) is 5.11. The molecular formula is C14H30BrNO2. The molecule has 4 heteroatoms. The number of halogens is 1. The van der Waals surface area contributed by atoms with Crippen molar-refractivity contribution in [2.45, 2.75) is 39.7 Å². The van der Waals surface area contributed by atoms with E-state index in [0.29, 0.717) is 11.5 Å². The lowest BCUT2D eigenvalue weighted by atomic mass is 9.83. The van der Waals surface area contributed by atoms with E-state index >= 15 is 0 Å². The Labute approximate surface area is 121 Å². The second kappa shape index (κ2) is 10.2. The smallest absolute Gasteiger partial charge is 0.0615 e. The Bertz CT molecular complexity index is 190. The predicted octanol–water partition coefficient (Wildman–Crippen LogP) is 3.17. The predicted molar refractivity (Wildman–Crippen MR) is 81.6 cm³/mol. The van der Waals surface area contributed by atoms with Gasteiger partial charge in [0.2, 0.25) is 0 Å². The van der Waals surface area contributed by atoms with Crippen LogP contribution in [0.1, 0.15) is 33.6 Å². The summed E-state index contributed by atoms with van der Waals surface area (Å²) in [7, 11) is 3.53. The minimum atomic E-state index is 0.357. The fourth-order valence-corrected chi connectivity index (χ4v) is 3.12. The zero-order valence-corrected chi connectivity index (χ0v) is 14.3. The molecule has 18 heavy (non-hydrogen) atoms. The van der Waals surface area contributed by atoms with Crippen LogP contribution < -0.4 is 0 Å². The van der Waals surface area contributed by atoms with Gasteiger partial charge in [0.1, 0.15) is 0 Å². The van der Waals surface area contributed by atoms with Gasteiger partial charge in [0.25, 0.3) is 0 Å². The van der Waals surface area contributed by atoms with E-state index < -0.39 is 0 Å². The molecule has 0 aliphatic rings. The molecule has 0 rings (SSSR count). The minimum Gasteiger partial charge on any atom is -0.383 e. The van der Waals surface area contributed by atoms with Crippen LogP contribution in [0.2, 0.25) is 0 Å². The summed E-state index contributed by atoms with van der Waals surface area (Å²) < 4.78 is 10.5. The highest BCUT2D eigenvalue weighted by molar-refractivity contribution is 9.09. The van der Waals surface area contributed by atoms with E-state index in [4.69, 9.17) is 9.47 Å². The summed E-state index contributed by atoms with van der Waals surface area (Å²) in [4.78, 5) is 2.49. The van der Waals surface area contributed by atoms with Crippen LogP contribution in [0.3, 0.4) is 0 Å². The molecule has 3 nitrogen and oxygen atoms in total. The Morgan fingerprint density at radius 1 is 1.17 bits per heavy atom. The number of ether oxygens (including phenoxy) is 2. The van der Waals surface area contributed by atoms with Crippen LogP contribution in [0.5, 0.6) is 0 Å². The molecule has 0 bridgehead atoms. The number of hydrogen-bond acceptors (Lipinski definition) is 3. The molecule has 1 unspecified atom stereocenters. The van der Waals surface area contributed by atoms with Crippen molar-refractivity contribution in [3.63, 3.8) is 0 Å². The van der Waals surface area contributed by atoms with E-state index in [-0.39, 0.29) is 0 Å². The van der Waals surface area contributed by atoms with Crippen molar-refractivity contribution in [2.24, 2.45) is 5.41 Å². The van der Waals surface area contributed by atoms with E-state index in [9.17, 15) is 0 Å². The highest BCUT2D eigenvalue weighted by atomic mass is 79.9. The first-order chi connectivity index (χ1) is 8.59. The van der Waals surface area contributed by atoms with Gasteiger partial charge in [-0.3, -0.25) is 4.90 Å². The number of hydrogen-bond donors (Lipinski definition) is 0. The summed E-state index contributed by atoms with van der Waals surface area (Å²) in [5.74, 6) is 0. The lowest BCUT2D eigenvalue weighted by Gasteiger charge is -2.38. The van der Waals surface area contributed by atoms with Crippen LogP contribution in [0.4, 0.5) is 0 Å². The summed E-state index contributed by atoms with van der Waals surface area (Å²) >= 11 is 3.69. The Morgan fingerprint density at radius 3 is 2.17 bits per heavy atom. The van der Waals surface area contributed by atoms with Crippen LogP contribution in [-0.4, -0.2) is 56.8 Å². The molecule has 0 radical (unpaired) electrons. The number of nitrogens with zero attached hydrogens (tertiary/aromatic N) is 1. The quantitative estimate of drug-likeness (QED) is 0.545. The average Bonchev–Trinajstić information content (AvgIpc) is 2.40. The van der Waals surface area contributed by atoms with Crippen LogP contribution in [0, 0.1) is 5.41 Å². The number of methoxy groups -OCH3 is 2. The van der Waals surface area contributed by atoms with Gasteiger partial charge in [-0.15, -0.1) is 0 Å². The van der Waals surface area contributed by atoms with Gasteiger partial charge in [-0.1, -0.05) is 29.8 Å². The topological polar surface area (TPSA) is 21.7 Å². The Kier molecular flexibility index (Phi) is 10.4. The molecule has 0 aromatic heterocycles. The summed E-state index contributed by atoms with van der Waals surface area (Å²) in [6, 6.07) is 0.432. The van der Waals surface area contributed by atoms with E-state index in [0.717, 1.165) is 31.6 Å². The third-order valence-corrected chi connectivity index (χ3v) is 5.13. The highest BCUT2D eigenvalue weighted by Gasteiger charge is 2.29. The molecule has 0 aromatic carbocycles. The highest BCUT2D eigenvalue weighted by Crippen LogP contribution is 2.30. The molecule has 110 valence electrons. The molecule has 0 saturated carbocycles. The first-order valence-electron chi connectivity index (χ1n) is 6.87. The SMILES string of the molecule is CCC(CC)(CBr)CN(CCOC)C(C)COC. The van der Waals surface area contributed by atoms with Gasteiger partial charge in [-0.25, -0.2) is 0 Å². The second-order valence-corrected chi connectivity index (χ2v) is 5.67. The van der Waals surface area contributed by atoms with E-state index in [2.05, 4.69) is 41.6 Å². The summed E-state index contributed by atoms with van der Waals surface area (Å²) in [6.07, 6.45) is 2.38. The average molecular weight is 324 g/mol. The summed E-state index contributed by atoms with van der Waals surface area (Å²) in [6.45, 7) is 10.4. The third-order valence-electron chi connectivity index (χ3n) is 3.94. The van der Waals surface area contributed by atoms with Crippen LogP contribution in [0.25, 0.3) is 0 Å². The minimum absolute atomic E-state index is 0.357. The molecule has 0 spiro atoms. The van der Waals surface area contributed by atoms with Crippen molar-refractivity contribution >= 4 is 15.9 Å². The summed E-state index contributed by atoms with van der Waals surface area (Å²) in [5.41, 5.74) is 0.357. The fourth-order valence-electron chi connectivity index (χ4n) is 2.15. The number of rotatable bonds is 11. The molecule has 0 heterocycles. The van der Waals surface area contributed by atoms with Crippen molar-refractivity contribution in [2.75, 3.05) is 45.9 Å². The van der Waals surface area contributed by atoms with Crippen molar-refractivity contribution in [3.8, 4) is 0 Å². The van der Waals surface area contributed by atoms with Gasteiger partial charge in [0.05, 0.1) is 13.2 Å². The van der Waals surface area contributed by atoms with Crippen molar-refractivity contribution in [3.05, 3.63) is 0 Å². The van der Waals surface area contributed by atoms with Crippen molar-refractivity contribution in [1.82, 2.24) is 4.90 Å². The van der Waals surface area contributed by atoms with Crippen LogP contribution in [-0.2, 0) is 9.47 Å². The maximum Gasteiger partial charge on any atom is 0.0615 e. The van der Waals surface area contributed by atoms with Gasteiger partial charge in [-0.2, -0.15) is 0 Å². The molecule has 0 aliphatic carbocycles. The standard InChI is InChI=1S/C14H30BrNO2/c1-6-14(7-2,11-15)12-16(8-9-17-4)13(3)10-18-5/h13H,6-12H2,1-5H3. The van der Waals surface area contributed by atoms with Gasteiger partial charge in [0, 0.05) is 38.7 Å². The van der Waals surface area contributed by atoms with Gasteiger partial charge < -0.3 is 9.47 Å². The van der Waals surface area contributed by atoms with E-state index in [1.165, 1.54) is 12.8 Å². The van der Waals surface area contributed by atoms with Crippen LogP contribution in [0.15, 0.2) is 0 Å². The number of alkyl halides is 1. The first-order valence-corrected chi connectivity index (χ1v) is 7.99. The molecule has 0 amide bonds. The molecule has 0 saturated heterocycles. The van der Waals surface area contributed by atoms with Gasteiger partial charge in [0.15, 0.2) is 0 Å². The molecular weight excluding hydrogens is 294 g/mol. The molecule has 1 atom stereocenters. The van der Waals surface area contributed by atoms with Crippen molar-refractivity contribution < 1.29 is 9.47 Å². The molecule has 0 fully saturated rings. The molecule has 0 aliphatic heterocycles. The molecule has 0 N–H and O–H groups in total. The largest absolute Gasteiger partial charge is 0.383 e. The Hall–Kier alpha value is 0.360. The van der Waals surface area contributed by atoms with Crippen LogP contribution >= 0.6 is 15.9 Å². The summed E-state index contributed by atoms with van der Waals surface area (Å²) in [5, 5.41) is 1.05. The zero-order valence-electron chi connectivity index (χ0n) is 12.7. The first kappa shape index (κ1) is 18.4. The van der Waals surface area contributed by atoms with Gasteiger partial charge >= 0.3 is 0 Å². The maximum absolute atomic E-state index is 5.29. The van der Waals surface area contributed by atoms with E-state index in [1.807, 2.05) is 0 Å². The molecule has 0 aromatic rings. The van der Waals surface area contributed by atoms with Crippen molar-refractivity contribution in [1.29, 1.82) is 0 Å². The zero-order chi connectivity index (χ0) is 14.0. The third kappa shape index (κ3) is 6.00. The Balaban J connectivity index is 4.62. The van der Waals surface area contributed by atoms with E-state index in [1.54, 1.807) is 14.2 Å².